The molecule has 0 unspecified atom stereocenters. The molecule has 0 amide bonds. The highest BCUT2D eigenvalue weighted by Gasteiger charge is 2.71. The molecule has 0 N–H and O–H groups in total. The van der Waals surface area contributed by atoms with E-state index in [-0.39, 0.29) is 33.2 Å². The summed E-state index contributed by atoms with van der Waals surface area (Å²) in [5.74, 6) is 2.54. The average Bonchev–Trinajstić information content (AvgIpc) is 3.55. The predicted molar refractivity (Wildman–Crippen MR) is 166 cm³/mol. The normalized spacial score (nSPS) is 44.7. The van der Waals surface area contributed by atoms with Crippen molar-refractivity contribution in [3.8, 4) is 0 Å². The third-order valence-corrected chi connectivity index (χ3v) is 15.3. The third-order valence-electron chi connectivity index (χ3n) is 14.3. The molecule has 1 aromatic rings. The summed E-state index contributed by atoms with van der Waals surface area (Å²) >= 11 is 1.48. The van der Waals surface area contributed by atoms with Crippen LogP contribution in [0.25, 0.3) is 0 Å². The second-order valence-corrected chi connectivity index (χ2v) is 16.8. The van der Waals surface area contributed by atoms with Crippen molar-refractivity contribution in [2.45, 2.75) is 112 Å². The highest BCUT2D eigenvalue weighted by molar-refractivity contribution is 7.17. The number of ether oxygens (including phenoxy) is 1. The van der Waals surface area contributed by atoms with E-state index in [1.54, 1.807) is 6.20 Å². The third kappa shape index (κ3) is 3.87. The van der Waals surface area contributed by atoms with Gasteiger partial charge in [0.15, 0.2) is 5.13 Å². The van der Waals surface area contributed by atoms with Gasteiger partial charge in [-0.05, 0) is 131 Å². The van der Waals surface area contributed by atoms with Gasteiger partial charge in [0.05, 0.1) is 12.8 Å². The number of hydrogen-bond donors (Lipinski definition) is 0. The number of esters is 1. The number of aldehydes is 1. The molecule has 5 nitrogen and oxygen atoms in total. The van der Waals surface area contributed by atoms with E-state index in [0.29, 0.717) is 41.1 Å². The van der Waals surface area contributed by atoms with Gasteiger partial charge in [-0.3, -0.25) is 0 Å². The number of thiazole rings is 1. The zero-order valence-corrected chi connectivity index (χ0v) is 27.4. The van der Waals surface area contributed by atoms with Crippen molar-refractivity contribution in [2.75, 3.05) is 18.1 Å². The van der Waals surface area contributed by atoms with Crippen LogP contribution in [0.1, 0.15) is 116 Å². The fourth-order valence-corrected chi connectivity index (χ4v) is 13.1. The smallest absolute Gasteiger partial charge is 0.350 e. The maximum Gasteiger partial charge on any atom is 0.350 e. The number of carbonyl (C=O) groups excluding carboxylic acids is 2. The lowest BCUT2D eigenvalue weighted by Crippen LogP contribution is -2.69. The second-order valence-electron chi connectivity index (χ2n) is 15.8. The van der Waals surface area contributed by atoms with Gasteiger partial charge in [-0.15, -0.1) is 0 Å². The molecule has 5 aliphatic rings. The summed E-state index contributed by atoms with van der Waals surface area (Å²) in [4.78, 5) is 33.0. The van der Waals surface area contributed by atoms with Crippen molar-refractivity contribution in [3.63, 3.8) is 0 Å². The van der Waals surface area contributed by atoms with Gasteiger partial charge in [-0.25, -0.2) is 9.78 Å². The molecule has 0 spiro atoms. The Hall–Kier alpha value is -1.69. The van der Waals surface area contributed by atoms with E-state index in [9.17, 15) is 9.59 Å². The number of hydrogen-bond acceptors (Lipinski definition) is 6. The summed E-state index contributed by atoms with van der Waals surface area (Å²) in [6.45, 7) is 22.6. The maximum atomic E-state index is 12.7. The van der Waals surface area contributed by atoms with Crippen LogP contribution in [0, 0.1) is 51.2 Å². The summed E-state index contributed by atoms with van der Waals surface area (Å²) in [6.07, 6.45) is 13.7. The minimum atomic E-state index is -0.267. The molecule has 6 rings (SSSR count). The van der Waals surface area contributed by atoms with Crippen LogP contribution in [0.3, 0.4) is 0 Å². The molecule has 226 valence electrons. The number of allylic oxidation sites excluding steroid dienone is 1. The quantitative estimate of drug-likeness (QED) is 0.199. The number of rotatable bonds is 5. The standard InChI is InChI=1S/C35H52N2O3S/c1-9-40-29(39)25-20-36-30(41-25)37-19-18-32(6)26(31(37,4)5)13-14-34(8)27(32)11-10-24-28-23(22(2)3)12-15-35(28,21-38)17-16-33(24,34)7/h20-21,23-24,26-28H,2,9-19H2,1,3-8H3/t23-,24+,26-,27+,28+,32-,33+,34+,35+/m0/s1. The van der Waals surface area contributed by atoms with Gasteiger partial charge in [0.25, 0.3) is 0 Å². The molecule has 6 heteroatoms. The predicted octanol–water partition coefficient (Wildman–Crippen LogP) is 8.35. The molecule has 41 heavy (non-hydrogen) atoms. The molecule has 1 saturated heterocycles. The lowest BCUT2D eigenvalue weighted by molar-refractivity contribution is -0.225. The molecule has 0 aromatic carbocycles. The van der Waals surface area contributed by atoms with Crippen LogP contribution in [0.15, 0.2) is 18.3 Å². The van der Waals surface area contributed by atoms with Crippen molar-refractivity contribution in [1.82, 2.24) is 4.98 Å². The lowest BCUT2D eigenvalue weighted by atomic mass is 9.33. The number of carbonyl (C=O) groups is 2. The molecule has 0 bridgehead atoms. The highest BCUT2D eigenvalue weighted by atomic mass is 32.1. The maximum absolute atomic E-state index is 12.7. The van der Waals surface area contributed by atoms with Crippen LogP contribution in [0.5, 0.6) is 0 Å². The van der Waals surface area contributed by atoms with Crippen LogP contribution < -0.4 is 4.90 Å². The number of fused-ring (bicyclic) bond motifs is 7. The Kier molecular flexibility index (Phi) is 6.92. The fraction of sp³-hybridized carbons (Fsp3) is 0.800. The SMILES string of the molecule is C=C(C)[C@@H]1CC[C@]2(C=O)CC[C@]3(C)[C@H](CC[C@@H]4[C@@]5(C)CCN(c6ncc(C(=O)OCC)s6)C(C)(C)[C@@H]5CC[C@]43C)[C@@H]12. The van der Waals surface area contributed by atoms with Crippen molar-refractivity contribution >= 4 is 28.7 Å². The molecular weight excluding hydrogens is 528 g/mol. The Labute approximate surface area is 251 Å². The number of piperidine rings is 1. The largest absolute Gasteiger partial charge is 0.462 e. The first-order chi connectivity index (χ1) is 19.3. The fourth-order valence-electron chi connectivity index (χ4n) is 12.1. The Morgan fingerprint density at radius 3 is 2.49 bits per heavy atom. The number of anilines is 1. The number of aromatic nitrogens is 1. The highest BCUT2D eigenvalue weighted by Crippen LogP contribution is 2.76. The first kappa shape index (κ1) is 29.4. The van der Waals surface area contributed by atoms with E-state index in [1.807, 2.05) is 6.92 Å². The molecular formula is C35H52N2O3S. The zero-order chi connectivity index (χ0) is 29.6. The monoisotopic (exact) mass is 580 g/mol. The van der Waals surface area contributed by atoms with E-state index in [4.69, 9.17) is 9.72 Å². The van der Waals surface area contributed by atoms with E-state index < -0.39 is 0 Å². The first-order valence-corrected chi connectivity index (χ1v) is 17.1. The van der Waals surface area contributed by atoms with Crippen molar-refractivity contribution < 1.29 is 14.3 Å². The van der Waals surface area contributed by atoms with E-state index in [0.717, 1.165) is 37.4 Å². The van der Waals surface area contributed by atoms with Gasteiger partial charge in [-0.2, -0.15) is 0 Å². The van der Waals surface area contributed by atoms with Gasteiger partial charge in [0.2, 0.25) is 0 Å². The Balaban J connectivity index is 1.31. The summed E-state index contributed by atoms with van der Waals surface area (Å²) in [5.41, 5.74) is 1.91. The van der Waals surface area contributed by atoms with Crippen LogP contribution in [0.4, 0.5) is 5.13 Å². The molecule has 9 atom stereocenters. The lowest BCUT2D eigenvalue weighted by Gasteiger charge is -2.73. The van der Waals surface area contributed by atoms with Gasteiger partial charge < -0.3 is 14.4 Å². The van der Waals surface area contributed by atoms with Gasteiger partial charge in [-0.1, -0.05) is 44.3 Å². The Morgan fingerprint density at radius 2 is 1.80 bits per heavy atom. The molecule has 2 heterocycles. The first-order valence-electron chi connectivity index (χ1n) is 16.3. The topological polar surface area (TPSA) is 59.5 Å². The van der Waals surface area contributed by atoms with Crippen LogP contribution in [0.2, 0.25) is 0 Å². The summed E-state index contributed by atoms with van der Waals surface area (Å²) in [7, 11) is 0. The Morgan fingerprint density at radius 1 is 1.05 bits per heavy atom. The van der Waals surface area contributed by atoms with Crippen LogP contribution in [-0.2, 0) is 9.53 Å². The molecule has 4 aliphatic carbocycles. The van der Waals surface area contributed by atoms with Crippen molar-refractivity contribution in [3.05, 3.63) is 23.2 Å². The van der Waals surface area contributed by atoms with Crippen molar-refractivity contribution in [2.24, 2.45) is 51.2 Å². The van der Waals surface area contributed by atoms with E-state index in [2.05, 4.69) is 53.0 Å². The van der Waals surface area contributed by atoms with Gasteiger partial charge in [0.1, 0.15) is 11.2 Å². The number of nitrogens with zero attached hydrogens (tertiary/aromatic N) is 2. The molecule has 0 radical (unpaired) electrons. The van der Waals surface area contributed by atoms with Crippen molar-refractivity contribution in [1.29, 1.82) is 0 Å². The zero-order valence-electron chi connectivity index (χ0n) is 26.6. The summed E-state index contributed by atoms with van der Waals surface area (Å²) in [6, 6.07) is 0. The molecule has 4 saturated carbocycles. The summed E-state index contributed by atoms with van der Waals surface area (Å²) in [5, 5.41) is 0.952. The average molecular weight is 581 g/mol. The van der Waals surface area contributed by atoms with E-state index >= 15 is 0 Å². The minimum Gasteiger partial charge on any atom is -0.462 e. The van der Waals surface area contributed by atoms with Crippen LogP contribution in [-0.4, -0.2) is 35.9 Å². The molecule has 1 aliphatic heterocycles. The minimum absolute atomic E-state index is 0.0500. The second kappa shape index (κ2) is 9.66. The van der Waals surface area contributed by atoms with Crippen LogP contribution >= 0.6 is 11.3 Å². The summed E-state index contributed by atoms with van der Waals surface area (Å²) < 4.78 is 5.25. The van der Waals surface area contributed by atoms with E-state index in [1.165, 1.54) is 55.3 Å². The molecule has 1 aromatic heterocycles. The Bertz CT molecular complexity index is 1240. The van der Waals surface area contributed by atoms with Gasteiger partial charge >= 0.3 is 5.97 Å². The molecule has 5 fully saturated rings. The van der Waals surface area contributed by atoms with Gasteiger partial charge in [0, 0.05) is 17.5 Å².